The van der Waals surface area contributed by atoms with Gasteiger partial charge < -0.3 is 9.47 Å². The summed E-state index contributed by atoms with van der Waals surface area (Å²) >= 11 is 0. The van der Waals surface area contributed by atoms with E-state index in [1.54, 1.807) is 14.0 Å². The summed E-state index contributed by atoms with van der Waals surface area (Å²) in [6, 6.07) is 6.19. The zero-order valence-corrected chi connectivity index (χ0v) is 15.6. The van der Waals surface area contributed by atoms with Crippen molar-refractivity contribution in [3.8, 4) is 11.5 Å². The lowest BCUT2D eigenvalue weighted by atomic mass is 9.80. The third-order valence-corrected chi connectivity index (χ3v) is 5.20. The van der Waals surface area contributed by atoms with Gasteiger partial charge in [0, 0.05) is 27.5 Å². The van der Waals surface area contributed by atoms with E-state index in [4.69, 9.17) is 9.47 Å². The summed E-state index contributed by atoms with van der Waals surface area (Å²) in [5, 5.41) is 1.95. The largest absolute Gasteiger partial charge is 0.496 e. The molecule has 2 aromatic carbocycles. The fraction of sp³-hybridized carbons (Fsp3) is 0.409. The zero-order chi connectivity index (χ0) is 18.1. The summed E-state index contributed by atoms with van der Waals surface area (Å²) in [5.74, 6) is 1.87. The molecular weight excluding hydrogens is 312 g/mol. The number of hydrogen-bond acceptors (Lipinski definition) is 3. The van der Waals surface area contributed by atoms with Crippen molar-refractivity contribution in [3.63, 3.8) is 0 Å². The Balaban J connectivity index is 2.30. The van der Waals surface area contributed by atoms with E-state index in [0.29, 0.717) is 17.2 Å². The average molecular weight is 338 g/mol. The van der Waals surface area contributed by atoms with Crippen LogP contribution in [0.2, 0.25) is 0 Å². The third kappa shape index (κ3) is 3.15. The first-order chi connectivity index (χ1) is 12.0. The van der Waals surface area contributed by atoms with Crippen LogP contribution in [-0.2, 0) is 17.6 Å². The molecule has 0 N–H and O–H groups in total. The Morgan fingerprint density at radius 1 is 1.24 bits per heavy atom. The van der Waals surface area contributed by atoms with E-state index >= 15 is 0 Å². The Morgan fingerprint density at radius 3 is 2.64 bits per heavy atom. The third-order valence-electron chi connectivity index (χ3n) is 5.20. The summed E-state index contributed by atoms with van der Waals surface area (Å²) in [5.41, 5.74) is 3.88. The number of carbonyl (C=O) groups excluding carboxylic acids is 1. The first kappa shape index (κ1) is 17.5. The van der Waals surface area contributed by atoms with Crippen LogP contribution in [0.15, 0.2) is 30.4 Å². The van der Waals surface area contributed by atoms with Gasteiger partial charge in [0.05, 0.1) is 7.11 Å². The van der Waals surface area contributed by atoms with Crippen LogP contribution >= 0.6 is 0 Å². The molecule has 0 saturated heterocycles. The molecule has 1 aliphatic carbocycles. The van der Waals surface area contributed by atoms with Crippen molar-refractivity contribution in [1.82, 2.24) is 0 Å². The maximum absolute atomic E-state index is 12.3. The van der Waals surface area contributed by atoms with Gasteiger partial charge in [-0.3, -0.25) is 0 Å². The predicted octanol–water partition coefficient (Wildman–Crippen LogP) is 5.15. The molecule has 25 heavy (non-hydrogen) atoms. The first-order valence-corrected chi connectivity index (χ1v) is 8.96. The SMILES string of the molecule is C=C(C)C(=O)Oc1c2c(c(OC)c3cc(C)ccc13)CCC(CC)C2. The molecule has 3 nitrogen and oxygen atoms in total. The highest BCUT2D eigenvalue weighted by Gasteiger charge is 2.28. The number of methoxy groups -OCH3 is 1. The lowest BCUT2D eigenvalue weighted by Crippen LogP contribution is -2.18. The predicted molar refractivity (Wildman–Crippen MR) is 101 cm³/mol. The van der Waals surface area contributed by atoms with E-state index in [-0.39, 0.29) is 5.97 Å². The van der Waals surface area contributed by atoms with Gasteiger partial charge in [0.15, 0.2) is 0 Å². The zero-order valence-electron chi connectivity index (χ0n) is 15.6. The molecule has 1 atom stereocenters. The summed E-state index contributed by atoms with van der Waals surface area (Å²) in [6.45, 7) is 9.68. The highest BCUT2D eigenvalue weighted by Crippen LogP contribution is 2.46. The maximum atomic E-state index is 12.3. The Bertz CT molecular complexity index is 848. The summed E-state index contributed by atoms with van der Waals surface area (Å²) < 4.78 is 11.6. The van der Waals surface area contributed by atoms with Crippen molar-refractivity contribution in [2.24, 2.45) is 5.92 Å². The Kier molecular flexibility index (Phi) is 4.85. The van der Waals surface area contributed by atoms with E-state index in [9.17, 15) is 4.79 Å². The molecule has 0 bridgehead atoms. The molecular formula is C22H26O3. The number of rotatable bonds is 4. The molecule has 0 aliphatic heterocycles. The number of aryl methyl sites for hydroxylation is 1. The number of hydrogen-bond donors (Lipinski definition) is 0. The van der Waals surface area contributed by atoms with Crippen molar-refractivity contribution in [1.29, 1.82) is 0 Å². The minimum atomic E-state index is -0.368. The standard InChI is InChI=1S/C22H26O3/c1-6-15-8-10-16-19(12-15)21(25-22(23)13(2)3)17-9-7-14(4)11-18(17)20(16)24-5/h7,9,11,15H,2,6,8,10,12H2,1,3-5H3. The van der Waals surface area contributed by atoms with Gasteiger partial charge in [-0.25, -0.2) is 4.79 Å². The highest BCUT2D eigenvalue weighted by molar-refractivity contribution is 5.99. The molecule has 0 radical (unpaired) electrons. The monoisotopic (exact) mass is 338 g/mol. The first-order valence-electron chi connectivity index (χ1n) is 8.96. The number of fused-ring (bicyclic) bond motifs is 2. The summed E-state index contributed by atoms with van der Waals surface area (Å²) in [6.07, 6.45) is 4.15. The molecule has 3 rings (SSSR count). The Morgan fingerprint density at radius 2 is 2.00 bits per heavy atom. The van der Waals surface area contributed by atoms with E-state index in [1.165, 1.54) is 5.56 Å². The van der Waals surface area contributed by atoms with E-state index in [1.807, 2.05) is 12.1 Å². The second-order valence-corrected chi connectivity index (χ2v) is 7.06. The molecule has 0 saturated carbocycles. The summed E-state index contributed by atoms with van der Waals surface area (Å²) in [7, 11) is 1.73. The number of ether oxygens (including phenoxy) is 2. The molecule has 0 spiro atoms. The van der Waals surface area contributed by atoms with E-state index < -0.39 is 0 Å². The van der Waals surface area contributed by atoms with E-state index in [2.05, 4.69) is 26.5 Å². The van der Waals surface area contributed by atoms with Crippen LogP contribution in [0.4, 0.5) is 0 Å². The molecule has 3 heteroatoms. The second kappa shape index (κ2) is 6.91. The van der Waals surface area contributed by atoms with Gasteiger partial charge in [-0.1, -0.05) is 37.6 Å². The smallest absolute Gasteiger partial charge is 0.338 e. The molecule has 0 amide bonds. The molecule has 1 unspecified atom stereocenters. The summed E-state index contributed by atoms with van der Waals surface area (Å²) in [4.78, 5) is 12.3. The van der Waals surface area contributed by atoms with Crippen LogP contribution in [0.5, 0.6) is 11.5 Å². The van der Waals surface area contributed by atoms with Crippen LogP contribution in [0, 0.1) is 12.8 Å². The second-order valence-electron chi connectivity index (χ2n) is 7.06. The average Bonchev–Trinajstić information content (AvgIpc) is 2.60. The Labute approximate surface area is 149 Å². The van der Waals surface area contributed by atoms with Crippen LogP contribution in [0.3, 0.4) is 0 Å². The van der Waals surface area contributed by atoms with Crippen molar-refractivity contribution >= 4 is 16.7 Å². The number of benzene rings is 2. The van der Waals surface area contributed by atoms with Gasteiger partial charge in [-0.05, 0) is 45.1 Å². The van der Waals surface area contributed by atoms with Gasteiger partial charge in [-0.15, -0.1) is 0 Å². The fourth-order valence-electron chi connectivity index (χ4n) is 3.74. The normalized spacial score (nSPS) is 16.4. The van der Waals surface area contributed by atoms with Crippen LogP contribution in [0.1, 0.15) is 43.4 Å². The lowest BCUT2D eigenvalue weighted by Gasteiger charge is -2.28. The topological polar surface area (TPSA) is 35.5 Å². The Hall–Kier alpha value is -2.29. The maximum Gasteiger partial charge on any atom is 0.338 e. The van der Waals surface area contributed by atoms with Gasteiger partial charge in [0.1, 0.15) is 11.5 Å². The fourth-order valence-corrected chi connectivity index (χ4v) is 3.74. The number of esters is 1. The molecule has 1 aliphatic rings. The molecule has 0 fully saturated rings. The highest BCUT2D eigenvalue weighted by atomic mass is 16.5. The molecule has 0 aromatic heterocycles. The van der Waals surface area contributed by atoms with Crippen molar-refractivity contribution in [3.05, 3.63) is 47.0 Å². The van der Waals surface area contributed by atoms with Gasteiger partial charge >= 0.3 is 5.97 Å². The van der Waals surface area contributed by atoms with Gasteiger partial charge in [0.25, 0.3) is 0 Å². The molecule has 132 valence electrons. The van der Waals surface area contributed by atoms with Gasteiger partial charge in [0.2, 0.25) is 0 Å². The lowest BCUT2D eigenvalue weighted by molar-refractivity contribution is -0.130. The van der Waals surface area contributed by atoms with Crippen molar-refractivity contribution < 1.29 is 14.3 Å². The molecule has 2 aromatic rings. The van der Waals surface area contributed by atoms with Gasteiger partial charge in [-0.2, -0.15) is 0 Å². The van der Waals surface area contributed by atoms with Crippen LogP contribution < -0.4 is 9.47 Å². The minimum absolute atomic E-state index is 0.368. The van der Waals surface area contributed by atoms with Crippen molar-refractivity contribution in [2.45, 2.75) is 46.5 Å². The van der Waals surface area contributed by atoms with Crippen LogP contribution in [-0.4, -0.2) is 13.1 Å². The number of carbonyl (C=O) groups is 1. The van der Waals surface area contributed by atoms with Crippen molar-refractivity contribution in [2.75, 3.05) is 7.11 Å². The molecule has 0 heterocycles. The van der Waals surface area contributed by atoms with Crippen LogP contribution in [0.25, 0.3) is 10.8 Å². The minimum Gasteiger partial charge on any atom is -0.496 e. The quantitative estimate of drug-likeness (QED) is 0.439. The van der Waals surface area contributed by atoms with E-state index in [0.717, 1.165) is 53.3 Å².